The minimum absolute atomic E-state index is 0.482. The van der Waals surface area contributed by atoms with Crippen LogP contribution in [0.25, 0.3) is 0 Å². The Morgan fingerprint density at radius 3 is 2.58 bits per heavy atom. The van der Waals surface area contributed by atoms with Crippen LogP contribution in [0.5, 0.6) is 0 Å². The summed E-state index contributed by atoms with van der Waals surface area (Å²) >= 11 is 11.8. The van der Waals surface area contributed by atoms with Crippen LogP contribution in [0, 0.1) is 0 Å². The summed E-state index contributed by atoms with van der Waals surface area (Å²) in [5.41, 5.74) is 0.999. The number of hydrogen-bond donors (Lipinski definition) is 2. The molecule has 2 N–H and O–H groups in total. The fourth-order valence-corrected chi connectivity index (χ4v) is 4.68. The maximum atomic E-state index is 6.26. The van der Waals surface area contributed by atoms with Gasteiger partial charge in [-0.05, 0) is 69.3 Å². The van der Waals surface area contributed by atoms with Gasteiger partial charge in [-0.2, -0.15) is 9.97 Å². The zero-order chi connectivity index (χ0) is 21.6. The van der Waals surface area contributed by atoms with Crippen molar-refractivity contribution in [3.63, 3.8) is 0 Å². The summed E-state index contributed by atoms with van der Waals surface area (Å²) in [5.74, 6) is 2.52. The van der Waals surface area contributed by atoms with Gasteiger partial charge < -0.3 is 20.4 Å². The number of rotatable bonds is 5. The van der Waals surface area contributed by atoms with Crippen molar-refractivity contribution in [3.8, 4) is 0 Å². The van der Waals surface area contributed by atoms with E-state index in [0.29, 0.717) is 23.6 Å². The Hall–Kier alpha value is -2.12. The molecule has 1 aromatic carbocycles. The van der Waals surface area contributed by atoms with Crippen LogP contribution in [-0.4, -0.2) is 40.8 Å². The minimum Gasteiger partial charge on any atom is -0.358 e. The molecule has 2 fully saturated rings. The molecule has 31 heavy (non-hydrogen) atoms. The molecule has 2 aliphatic rings. The molecule has 1 aromatic heterocycles. The lowest BCUT2D eigenvalue weighted by Gasteiger charge is -2.35. The Morgan fingerprint density at radius 1 is 1.06 bits per heavy atom. The van der Waals surface area contributed by atoms with Gasteiger partial charge in [0.2, 0.25) is 5.95 Å². The van der Waals surface area contributed by atoms with Crippen LogP contribution in [0.4, 0.5) is 17.6 Å². The van der Waals surface area contributed by atoms with Crippen LogP contribution < -0.4 is 20.4 Å². The van der Waals surface area contributed by atoms with Gasteiger partial charge in [-0.15, -0.1) is 0 Å². The highest BCUT2D eigenvalue weighted by Crippen LogP contribution is 2.28. The van der Waals surface area contributed by atoms with Crippen molar-refractivity contribution in [1.82, 2.24) is 15.3 Å². The first kappa shape index (κ1) is 22.1. The van der Waals surface area contributed by atoms with Crippen LogP contribution >= 0.6 is 23.8 Å². The SMILES string of the molecule is CC1CCCCN1c1cc(N2CCCCC2)nc(NC(=S)NCc2ccccc2Cl)n1. The van der Waals surface area contributed by atoms with Crippen molar-refractivity contribution >= 4 is 46.5 Å². The molecular weight excluding hydrogens is 428 g/mol. The first-order chi connectivity index (χ1) is 15.1. The van der Waals surface area contributed by atoms with Crippen molar-refractivity contribution in [2.24, 2.45) is 0 Å². The Labute approximate surface area is 195 Å². The molecule has 6 nitrogen and oxygen atoms in total. The number of nitrogens with zero attached hydrogens (tertiary/aromatic N) is 4. The molecular formula is C23H31ClN6S. The Bertz CT molecular complexity index is 901. The largest absolute Gasteiger partial charge is 0.358 e. The molecule has 8 heteroatoms. The molecule has 0 aliphatic carbocycles. The molecule has 3 heterocycles. The van der Waals surface area contributed by atoms with Gasteiger partial charge in [0.05, 0.1) is 0 Å². The fraction of sp³-hybridized carbons (Fsp3) is 0.522. The zero-order valence-electron chi connectivity index (χ0n) is 18.1. The van der Waals surface area contributed by atoms with Gasteiger partial charge in [0.25, 0.3) is 0 Å². The van der Waals surface area contributed by atoms with E-state index in [1.54, 1.807) is 0 Å². The maximum Gasteiger partial charge on any atom is 0.232 e. The number of halogens is 1. The second-order valence-electron chi connectivity index (χ2n) is 8.39. The number of hydrogen-bond acceptors (Lipinski definition) is 5. The third kappa shape index (κ3) is 5.77. The Morgan fingerprint density at radius 2 is 1.81 bits per heavy atom. The van der Waals surface area contributed by atoms with Crippen molar-refractivity contribution in [2.75, 3.05) is 34.8 Å². The lowest BCUT2D eigenvalue weighted by molar-refractivity contribution is 0.481. The van der Waals surface area contributed by atoms with E-state index in [0.717, 1.165) is 41.9 Å². The molecule has 1 unspecified atom stereocenters. The fourth-order valence-electron chi connectivity index (χ4n) is 4.31. The second kappa shape index (κ2) is 10.5. The normalized spacial score (nSPS) is 19.2. The van der Waals surface area contributed by atoms with E-state index in [-0.39, 0.29) is 0 Å². The van der Waals surface area contributed by atoms with Gasteiger partial charge in [0.1, 0.15) is 11.6 Å². The standard InChI is InChI=1S/C23H31ClN6S/c1-17-9-5-8-14-30(17)21-15-20(29-12-6-2-7-13-29)26-22(27-21)28-23(31)25-16-18-10-3-4-11-19(18)24/h3-4,10-11,15,17H,2,5-9,12-14,16H2,1H3,(H2,25,26,27,28,31). The topological polar surface area (TPSA) is 56.3 Å². The first-order valence-electron chi connectivity index (χ1n) is 11.3. The number of nitrogens with one attached hydrogen (secondary N) is 2. The van der Waals surface area contributed by atoms with Gasteiger partial charge in [-0.25, -0.2) is 0 Å². The second-order valence-corrected chi connectivity index (χ2v) is 9.21. The summed E-state index contributed by atoms with van der Waals surface area (Å²) in [6.45, 7) is 5.95. The number of thiocarbonyl (C=S) groups is 1. The first-order valence-corrected chi connectivity index (χ1v) is 12.1. The molecule has 2 aliphatic heterocycles. The van der Waals surface area contributed by atoms with Crippen molar-refractivity contribution < 1.29 is 0 Å². The van der Waals surface area contributed by atoms with Crippen LogP contribution in [0.3, 0.4) is 0 Å². The highest BCUT2D eigenvalue weighted by Gasteiger charge is 2.23. The Balaban J connectivity index is 1.51. The highest BCUT2D eigenvalue weighted by molar-refractivity contribution is 7.80. The molecule has 1 atom stereocenters. The number of piperidine rings is 2. The van der Waals surface area contributed by atoms with E-state index in [1.165, 1.54) is 38.5 Å². The zero-order valence-corrected chi connectivity index (χ0v) is 19.7. The van der Waals surface area contributed by atoms with E-state index < -0.39 is 0 Å². The van der Waals surface area contributed by atoms with Crippen molar-refractivity contribution in [2.45, 2.75) is 58.0 Å². The summed E-state index contributed by atoms with van der Waals surface area (Å²) in [5, 5.41) is 7.65. The number of anilines is 3. The van der Waals surface area contributed by atoms with E-state index in [2.05, 4.69) is 33.4 Å². The molecule has 2 saturated heterocycles. The smallest absolute Gasteiger partial charge is 0.232 e. The molecule has 4 rings (SSSR count). The molecule has 2 aromatic rings. The van der Waals surface area contributed by atoms with Crippen LogP contribution in [0.2, 0.25) is 5.02 Å². The third-order valence-electron chi connectivity index (χ3n) is 6.10. The molecule has 0 saturated carbocycles. The summed E-state index contributed by atoms with van der Waals surface area (Å²) in [6, 6.07) is 10.4. The minimum atomic E-state index is 0.482. The molecule has 0 radical (unpaired) electrons. The molecule has 0 bridgehead atoms. The maximum absolute atomic E-state index is 6.26. The summed E-state index contributed by atoms with van der Waals surface area (Å²) < 4.78 is 0. The van der Waals surface area contributed by atoms with Crippen molar-refractivity contribution in [3.05, 3.63) is 40.9 Å². The van der Waals surface area contributed by atoms with Gasteiger partial charge in [0, 0.05) is 43.3 Å². The van der Waals surface area contributed by atoms with Crippen LogP contribution in [0.15, 0.2) is 30.3 Å². The van der Waals surface area contributed by atoms with E-state index in [9.17, 15) is 0 Å². The average molecular weight is 459 g/mol. The lowest BCUT2D eigenvalue weighted by Crippen LogP contribution is -2.39. The summed E-state index contributed by atoms with van der Waals surface area (Å²) in [4.78, 5) is 14.4. The quantitative estimate of drug-likeness (QED) is 0.612. The van der Waals surface area contributed by atoms with E-state index >= 15 is 0 Å². The third-order valence-corrected chi connectivity index (χ3v) is 6.71. The summed E-state index contributed by atoms with van der Waals surface area (Å²) in [7, 11) is 0. The van der Waals surface area contributed by atoms with E-state index in [1.807, 2.05) is 24.3 Å². The molecule has 0 amide bonds. The number of benzene rings is 1. The van der Waals surface area contributed by atoms with Gasteiger partial charge in [0.15, 0.2) is 5.11 Å². The molecule has 166 valence electrons. The molecule has 0 spiro atoms. The predicted octanol–water partition coefficient (Wildman–Crippen LogP) is 4.99. The van der Waals surface area contributed by atoms with Gasteiger partial charge >= 0.3 is 0 Å². The van der Waals surface area contributed by atoms with Crippen LogP contribution in [-0.2, 0) is 6.54 Å². The van der Waals surface area contributed by atoms with Crippen molar-refractivity contribution in [1.29, 1.82) is 0 Å². The summed E-state index contributed by atoms with van der Waals surface area (Å²) in [6.07, 6.45) is 7.39. The van der Waals surface area contributed by atoms with Gasteiger partial charge in [-0.1, -0.05) is 29.8 Å². The van der Waals surface area contributed by atoms with E-state index in [4.69, 9.17) is 33.8 Å². The van der Waals surface area contributed by atoms with Crippen LogP contribution in [0.1, 0.15) is 51.0 Å². The predicted molar refractivity (Wildman–Crippen MR) is 133 cm³/mol. The highest BCUT2D eigenvalue weighted by atomic mass is 35.5. The monoisotopic (exact) mass is 458 g/mol. The lowest BCUT2D eigenvalue weighted by atomic mass is 10.0. The van der Waals surface area contributed by atoms with Gasteiger partial charge in [-0.3, -0.25) is 0 Å². The average Bonchev–Trinajstić information content (AvgIpc) is 2.79. The Kier molecular flexibility index (Phi) is 7.45. The number of aromatic nitrogens is 2.